The van der Waals surface area contributed by atoms with E-state index in [1.54, 1.807) is 4.90 Å². The van der Waals surface area contributed by atoms with Gasteiger partial charge >= 0.3 is 18.2 Å². The molecule has 2 amide bonds. The summed E-state index contributed by atoms with van der Waals surface area (Å²) >= 11 is 11.9. The van der Waals surface area contributed by atoms with Gasteiger partial charge in [0.1, 0.15) is 11.9 Å². The molecule has 1 aromatic rings. The minimum atomic E-state index is -5.05. The summed E-state index contributed by atoms with van der Waals surface area (Å²) in [6.07, 6.45) is -4.85. The van der Waals surface area contributed by atoms with Crippen molar-refractivity contribution in [1.82, 2.24) is 9.80 Å². The molecular weight excluding hydrogens is 450 g/mol. The van der Waals surface area contributed by atoms with Crippen LogP contribution in [0.15, 0.2) is 12.1 Å². The lowest BCUT2D eigenvalue weighted by Crippen LogP contribution is -2.60. The molecule has 2 aliphatic heterocycles. The van der Waals surface area contributed by atoms with Crippen molar-refractivity contribution in [2.75, 3.05) is 26.2 Å². The van der Waals surface area contributed by atoms with E-state index in [1.807, 2.05) is 0 Å². The van der Waals surface area contributed by atoms with Crippen molar-refractivity contribution in [1.29, 1.82) is 0 Å². The normalized spacial score (nSPS) is 19.4. The Labute approximate surface area is 180 Å². The highest BCUT2D eigenvalue weighted by atomic mass is 35.5. The predicted octanol–water partition coefficient (Wildman–Crippen LogP) is 3.32. The summed E-state index contributed by atoms with van der Waals surface area (Å²) in [5.41, 5.74) is 6.77. The Kier molecular flexibility index (Phi) is 6.59. The SMILES string of the molecule is N[C@@H](c1cc(Cl)c(Cl)cc1O)C1CCN(C(=O)N2CC(OC(=O)C(F)(F)F)C2)CC1. The minimum Gasteiger partial charge on any atom is -0.508 e. The number of phenolic OH excluding ortho intramolecular Hbond substituents is 1. The number of hydrogen-bond acceptors (Lipinski definition) is 5. The van der Waals surface area contributed by atoms with Gasteiger partial charge in [0.25, 0.3) is 0 Å². The summed E-state index contributed by atoms with van der Waals surface area (Å²) in [5.74, 6) is -2.30. The van der Waals surface area contributed by atoms with Crippen molar-refractivity contribution >= 4 is 35.2 Å². The van der Waals surface area contributed by atoms with E-state index in [0.717, 1.165) is 0 Å². The van der Waals surface area contributed by atoms with Gasteiger partial charge in [-0.1, -0.05) is 23.2 Å². The summed E-state index contributed by atoms with van der Waals surface area (Å²) < 4.78 is 40.9. The van der Waals surface area contributed by atoms with Gasteiger partial charge < -0.3 is 25.4 Å². The molecule has 0 aliphatic carbocycles. The van der Waals surface area contributed by atoms with Gasteiger partial charge in [0, 0.05) is 30.8 Å². The lowest BCUT2D eigenvalue weighted by Gasteiger charge is -2.43. The molecule has 166 valence electrons. The summed E-state index contributed by atoms with van der Waals surface area (Å²) in [6, 6.07) is 2.05. The average molecular weight is 470 g/mol. The Morgan fingerprint density at radius 3 is 2.27 bits per heavy atom. The number of nitrogens with two attached hydrogens (primary N) is 1. The number of amides is 2. The zero-order valence-corrected chi connectivity index (χ0v) is 17.2. The number of esters is 1. The Morgan fingerprint density at radius 2 is 1.70 bits per heavy atom. The number of carbonyl (C=O) groups is 2. The first kappa shape index (κ1) is 22.8. The summed E-state index contributed by atoms with van der Waals surface area (Å²) in [6.45, 7) is 0.667. The molecule has 2 aliphatic rings. The number of rotatable bonds is 3. The molecule has 3 rings (SSSR count). The van der Waals surface area contributed by atoms with Crippen LogP contribution in [0.25, 0.3) is 0 Å². The van der Waals surface area contributed by atoms with E-state index >= 15 is 0 Å². The van der Waals surface area contributed by atoms with Gasteiger partial charge in [0.05, 0.1) is 23.1 Å². The van der Waals surface area contributed by atoms with E-state index in [4.69, 9.17) is 28.9 Å². The maximum absolute atomic E-state index is 12.5. The number of phenols is 1. The van der Waals surface area contributed by atoms with Crippen molar-refractivity contribution in [3.05, 3.63) is 27.7 Å². The first-order valence-electron chi connectivity index (χ1n) is 9.22. The standard InChI is InChI=1S/C18H20Cl2F3N3O4/c19-12-5-11(14(27)6-13(12)20)15(24)9-1-3-25(4-2-9)17(29)26-7-10(8-26)30-16(28)18(21,22)23/h5-6,9-10,15,27H,1-4,7-8,24H2/t15-/m1/s1. The van der Waals surface area contributed by atoms with E-state index in [-0.39, 0.29) is 40.8 Å². The molecule has 2 saturated heterocycles. The van der Waals surface area contributed by atoms with Crippen LogP contribution < -0.4 is 5.73 Å². The Balaban J connectivity index is 1.48. The smallest absolute Gasteiger partial charge is 0.490 e. The van der Waals surface area contributed by atoms with Crippen molar-refractivity contribution in [3.63, 3.8) is 0 Å². The van der Waals surface area contributed by atoms with Crippen LogP contribution >= 0.6 is 23.2 Å². The average Bonchev–Trinajstić information content (AvgIpc) is 2.65. The number of piperidine rings is 1. The van der Waals surface area contributed by atoms with Gasteiger partial charge in [-0.15, -0.1) is 0 Å². The molecular formula is C18H20Cl2F3N3O4. The number of alkyl halides is 3. The number of carbonyl (C=O) groups excluding carboxylic acids is 2. The summed E-state index contributed by atoms with van der Waals surface area (Å²) in [4.78, 5) is 26.2. The van der Waals surface area contributed by atoms with Crippen LogP contribution in [0.4, 0.5) is 18.0 Å². The predicted molar refractivity (Wildman–Crippen MR) is 102 cm³/mol. The van der Waals surface area contributed by atoms with E-state index in [1.165, 1.54) is 17.0 Å². The van der Waals surface area contributed by atoms with Gasteiger partial charge in [-0.25, -0.2) is 9.59 Å². The Morgan fingerprint density at radius 1 is 1.13 bits per heavy atom. The molecule has 2 heterocycles. The second-order valence-corrected chi connectivity index (χ2v) is 8.20. The van der Waals surface area contributed by atoms with Crippen molar-refractivity contribution in [3.8, 4) is 5.75 Å². The van der Waals surface area contributed by atoms with Gasteiger partial charge in [0.15, 0.2) is 0 Å². The number of urea groups is 1. The number of nitrogens with zero attached hydrogens (tertiary/aromatic N) is 2. The highest BCUT2D eigenvalue weighted by molar-refractivity contribution is 6.42. The molecule has 2 fully saturated rings. The molecule has 1 atom stereocenters. The lowest BCUT2D eigenvalue weighted by molar-refractivity contribution is -0.209. The molecule has 12 heteroatoms. The third-order valence-corrected chi connectivity index (χ3v) is 6.09. The second kappa shape index (κ2) is 8.68. The summed E-state index contributed by atoms with van der Waals surface area (Å²) in [5, 5.41) is 10.6. The molecule has 1 aromatic carbocycles. The van der Waals surface area contributed by atoms with Crippen LogP contribution in [0.2, 0.25) is 10.0 Å². The zero-order valence-electron chi connectivity index (χ0n) is 15.7. The van der Waals surface area contributed by atoms with Crippen LogP contribution in [0.1, 0.15) is 24.4 Å². The molecule has 0 bridgehead atoms. The number of benzene rings is 1. The Bertz CT molecular complexity index is 826. The molecule has 0 aromatic heterocycles. The summed E-state index contributed by atoms with van der Waals surface area (Å²) in [7, 11) is 0. The van der Waals surface area contributed by atoms with Crippen LogP contribution in [-0.2, 0) is 9.53 Å². The van der Waals surface area contributed by atoms with Gasteiger partial charge in [0.2, 0.25) is 0 Å². The third kappa shape index (κ3) is 4.87. The highest BCUT2D eigenvalue weighted by Gasteiger charge is 2.45. The molecule has 30 heavy (non-hydrogen) atoms. The largest absolute Gasteiger partial charge is 0.508 e. The fraction of sp³-hybridized carbons (Fsp3) is 0.556. The molecule has 3 N–H and O–H groups in total. The van der Waals surface area contributed by atoms with Crippen LogP contribution in [0.5, 0.6) is 5.75 Å². The topological polar surface area (TPSA) is 96.1 Å². The molecule has 0 radical (unpaired) electrons. The number of aromatic hydroxyl groups is 1. The number of hydrogen-bond donors (Lipinski definition) is 2. The second-order valence-electron chi connectivity index (χ2n) is 7.39. The number of ether oxygens (including phenoxy) is 1. The van der Waals surface area contributed by atoms with Crippen molar-refractivity contribution < 1.29 is 32.6 Å². The fourth-order valence-corrected chi connectivity index (χ4v) is 3.94. The van der Waals surface area contributed by atoms with Crippen LogP contribution in [0.3, 0.4) is 0 Å². The zero-order chi connectivity index (χ0) is 22.2. The van der Waals surface area contributed by atoms with Crippen LogP contribution in [-0.4, -0.2) is 65.4 Å². The van der Waals surface area contributed by atoms with E-state index in [9.17, 15) is 27.9 Å². The minimum absolute atomic E-state index is 0.00549. The first-order chi connectivity index (χ1) is 14.0. The molecule has 0 spiro atoms. The molecule has 7 nitrogen and oxygen atoms in total. The van der Waals surface area contributed by atoms with Gasteiger partial charge in [-0.3, -0.25) is 0 Å². The maximum Gasteiger partial charge on any atom is 0.490 e. The Hall–Kier alpha value is -1.91. The third-order valence-electron chi connectivity index (χ3n) is 5.37. The van der Waals surface area contributed by atoms with E-state index in [2.05, 4.69) is 4.74 Å². The van der Waals surface area contributed by atoms with E-state index in [0.29, 0.717) is 31.5 Å². The van der Waals surface area contributed by atoms with Crippen molar-refractivity contribution in [2.24, 2.45) is 11.7 Å². The number of halogens is 5. The molecule has 0 unspecified atom stereocenters. The van der Waals surface area contributed by atoms with Gasteiger partial charge in [-0.2, -0.15) is 13.2 Å². The molecule has 0 saturated carbocycles. The first-order valence-corrected chi connectivity index (χ1v) is 9.98. The lowest BCUT2D eigenvalue weighted by atomic mass is 9.85. The monoisotopic (exact) mass is 469 g/mol. The maximum atomic E-state index is 12.5. The van der Waals surface area contributed by atoms with Crippen LogP contribution in [0, 0.1) is 5.92 Å². The van der Waals surface area contributed by atoms with Gasteiger partial charge in [-0.05, 0) is 24.8 Å². The quantitative estimate of drug-likeness (QED) is 0.661. The van der Waals surface area contributed by atoms with Crippen molar-refractivity contribution in [2.45, 2.75) is 31.2 Å². The number of likely N-dealkylation sites (tertiary alicyclic amines) is 2. The fourth-order valence-electron chi connectivity index (χ4n) is 3.61. The van der Waals surface area contributed by atoms with E-state index < -0.39 is 24.3 Å². The highest BCUT2D eigenvalue weighted by Crippen LogP contribution is 2.38.